The van der Waals surface area contributed by atoms with Crippen molar-refractivity contribution in [2.45, 2.75) is 11.8 Å². The van der Waals surface area contributed by atoms with Crippen molar-refractivity contribution in [2.24, 2.45) is 0 Å². The Morgan fingerprint density at radius 2 is 1.50 bits per heavy atom. The Morgan fingerprint density at radius 3 is 2.19 bits per heavy atom. The van der Waals surface area contributed by atoms with Crippen molar-refractivity contribution in [2.75, 3.05) is 36.4 Å². The summed E-state index contributed by atoms with van der Waals surface area (Å²) in [7, 11) is -3.62. The molecule has 10 heteroatoms. The van der Waals surface area contributed by atoms with E-state index in [1.54, 1.807) is 30.5 Å². The van der Waals surface area contributed by atoms with E-state index in [-0.39, 0.29) is 4.90 Å². The molecule has 4 aromatic rings. The summed E-state index contributed by atoms with van der Waals surface area (Å²) >= 11 is 0. The number of para-hydroxylation sites is 1. The number of ether oxygens (including phenoxy) is 1. The molecule has 184 valence electrons. The summed E-state index contributed by atoms with van der Waals surface area (Å²) in [5.41, 5.74) is 0. The van der Waals surface area contributed by atoms with Crippen molar-refractivity contribution < 1.29 is 13.2 Å². The fourth-order valence-electron chi connectivity index (χ4n) is 3.96. The Hall–Kier alpha value is -4.02. The molecule has 1 saturated heterocycles. The minimum atomic E-state index is -3.62. The molecule has 0 bridgehead atoms. The summed E-state index contributed by atoms with van der Waals surface area (Å²) in [4.78, 5) is 15.6. The van der Waals surface area contributed by atoms with Crippen LogP contribution in [0.2, 0.25) is 0 Å². The second kappa shape index (κ2) is 10.3. The van der Waals surface area contributed by atoms with Crippen LogP contribution in [0.5, 0.6) is 11.5 Å². The van der Waals surface area contributed by atoms with Gasteiger partial charge in [0.1, 0.15) is 34.8 Å². The first-order valence-corrected chi connectivity index (χ1v) is 13.0. The number of rotatable bonds is 7. The number of benzene rings is 2. The lowest BCUT2D eigenvalue weighted by Gasteiger charge is -2.34. The first kappa shape index (κ1) is 23.7. The lowest BCUT2D eigenvalue weighted by atomic mass is 10.3. The Kier molecular flexibility index (Phi) is 6.79. The van der Waals surface area contributed by atoms with Crippen molar-refractivity contribution in [3.05, 3.63) is 90.9 Å². The molecule has 1 N–H and O–H groups in total. The Morgan fingerprint density at radius 1 is 0.806 bits per heavy atom. The van der Waals surface area contributed by atoms with Gasteiger partial charge >= 0.3 is 0 Å². The minimum absolute atomic E-state index is 0.246. The van der Waals surface area contributed by atoms with Crippen molar-refractivity contribution in [3.63, 3.8) is 0 Å². The molecule has 5 rings (SSSR count). The number of nitrogens with one attached hydrogen (secondary N) is 1. The minimum Gasteiger partial charge on any atom is -0.457 e. The molecule has 0 amide bonds. The molecule has 2 aromatic heterocycles. The predicted molar refractivity (Wildman–Crippen MR) is 138 cm³/mol. The van der Waals surface area contributed by atoms with Crippen LogP contribution in [0, 0.1) is 6.92 Å². The third kappa shape index (κ3) is 5.45. The van der Waals surface area contributed by atoms with Gasteiger partial charge in [-0.3, -0.25) is 0 Å². The molecule has 9 nitrogen and oxygen atoms in total. The zero-order valence-corrected chi connectivity index (χ0v) is 20.6. The van der Waals surface area contributed by atoms with Crippen LogP contribution in [0.3, 0.4) is 0 Å². The van der Waals surface area contributed by atoms with Crippen molar-refractivity contribution in [3.8, 4) is 11.5 Å². The summed E-state index contributed by atoms with van der Waals surface area (Å²) in [6, 6.07) is 23.4. The van der Waals surface area contributed by atoms with Crippen LogP contribution in [-0.4, -0.2) is 53.9 Å². The Labute approximate surface area is 210 Å². The maximum atomic E-state index is 13.2. The van der Waals surface area contributed by atoms with E-state index in [0.29, 0.717) is 55.1 Å². The number of pyridine rings is 1. The van der Waals surface area contributed by atoms with Gasteiger partial charge < -0.3 is 15.0 Å². The van der Waals surface area contributed by atoms with E-state index in [0.717, 1.165) is 5.82 Å². The smallest absolute Gasteiger partial charge is 0.243 e. The standard InChI is InChI=1S/C26H26N6O3S/c1-20-28-25(30-24-9-5-6-14-27-24)19-26(29-20)31-15-17-32(18-16-31)36(33,34)23-12-10-22(11-13-23)35-21-7-3-2-4-8-21/h2-14,19H,15-18H2,1H3,(H,27,28,29,30). The number of anilines is 3. The molecule has 3 heterocycles. The van der Waals surface area contributed by atoms with Crippen LogP contribution in [0.4, 0.5) is 17.5 Å². The van der Waals surface area contributed by atoms with Gasteiger partial charge in [-0.1, -0.05) is 24.3 Å². The molecule has 0 aliphatic carbocycles. The van der Waals surface area contributed by atoms with E-state index in [2.05, 4.69) is 25.2 Å². The summed E-state index contributed by atoms with van der Waals surface area (Å²) in [5, 5.41) is 3.19. The fraction of sp³-hybridized carbons (Fsp3) is 0.192. The highest BCUT2D eigenvalue weighted by Gasteiger charge is 2.29. The van der Waals surface area contributed by atoms with Crippen LogP contribution in [0.25, 0.3) is 0 Å². The zero-order chi connectivity index (χ0) is 25.0. The molecule has 0 atom stereocenters. The summed E-state index contributed by atoms with van der Waals surface area (Å²) in [5.74, 6) is 3.99. The number of hydrogen-bond donors (Lipinski definition) is 1. The van der Waals surface area contributed by atoms with E-state index >= 15 is 0 Å². The van der Waals surface area contributed by atoms with Crippen LogP contribution >= 0.6 is 0 Å². The third-order valence-corrected chi connectivity index (χ3v) is 7.66. The number of sulfonamides is 1. The number of nitrogens with zero attached hydrogens (tertiary/aromatic N) is 5. The van der Waals surface area contributed by atoms with Gasteiger partial charge in [0.05, 0.1) is 4.90 Å². The Balaban J connectivity index is 1.24. The van der Waals surface area contributed by atoms with Crippen LogP contribution in [0.15, 0.2) is 90.0 Å². The normalized spacial score (nSPS) is 14.4. The number of piperazine rings is 1. The van der Waals surface area contributed by atoms with E-state index < -0.39 is 10.0 Å². The van der Waals surface area contributed by atoms with Gasteiger partial charge in [-0.25, -0.2) is 23.4 Å². The highest BCUT2D eigenvalue weighted by Crippen LogP contribution is 2.26. The van der Waals surface area contributed by atoms with Gasteiger partial charge in [-0.05, 0) is 55.5 Å². The molecule has 1 fully saturated rings. The van der Waals surface area contributed by atoms with Crippen molar-refractivity contribution >= 4 is 27.5 Å². The average Bonchev–Trinajstić information content (AvgIpc) is 2.90. The monoisotopic (exact) mass is 502 g/mol. The molecule has 0 saturated carbocycles. The number of hydrogen-bond acceptors (Lipinski definition) is 8. The van der Waals surface area contributed by atoms with Crippen LogP contribution < -0.4 is 15.0 Å². The van der Waals surface area contributed by atoms with Gasteiger partial charge in [-0.2, -0.15) is 4.31 Å². The fourth-order valence-corrected chi connectivity index (χ4v) is 5.38. The third-order valence-electron chi connectivity index (χ3n) is 5.75. The Bertz CT molecular complexity index is 1410. The van der Waals surface area contributed by atoms with Gasteiger partial charge in [0.2, 0.25) is 10.0 Å². The molecule has 1 aliphatic rings. The van der Waals surface area contributed by atoms with Gasteiger partial charge in [0, 0.05) is 38.4 Å². The average molecular weight is 503 g/mol. The maximum absolute atomic E-state index is 13.2. The highest BCUT2D eigenvalue weighted by molar-refractivity contribution is 7.89. The molecule has 2 aromatic carbocycles. The number of aryl methyl sites for hydroxylation is 1. The van der Waals surface area contributed by atoms with E-state index in [9.17, 15) is 8.42 Å². The van der Waals surface area contributed by atoms with E-state index in [1.807, 2.05) is 61.5 Å². The van der Waals surface area contributed by atoms with Gasteiger partial charge in [0.15, 0.2) is 0 Å². The molecule has 36 heavy (non-hydrogen) atoms. The second-order valence-corrected chi connectivity index (χ2v) is 10.2. The SMILES string of the molecule is Cc1nc(Nc2ccccn2)cc(N2CCN(S(=O)(=O)c3ccc(Oc4ccccc4)cc3)CC2)n1. The summed E-state index contributed by atoms with van der Waals surface area (Å²) < 4.78 is 33.8. The molecular weight excluding hydrogens is 476 g/mol. The summed E-state index contributed by atoms with van der Waals surface area (Å²) in [6.45, 7) is 3.59. The zero-order valence-electron chi connectivity index (χ0n) is 19.8. The first-order chi connectivity index (χ1) is 17.5. The van der Waals surface area contributed by atoms with E-state index in [1.165, 1.54) is 4.31 Å². The molecule has 1 aliphatic heterocycles. The predicted octanol–water partition coefficient (Wildman–Crippen LogP) is 4.23. The maximum Gasteiger partial charge on any atom is 0.243 e. The van der Waals surface area contributed by atoms with E-state index in [4.69, 9.17) is 4.74 Å². The molecule has 0 unspecified atom stereocenters. The van der Waals surface area contributed by atoms with Gasteiger partial charge in [-0.15, -0.1) is 0 Å². The van der Waals surface area contributed by atoms with Gasteiger partial charge in [0.25, 0.3) is 0 Å². The quantitative estimate of drug-likeness (QED) is 0.401. The lowest BCUT2D eigenvalue weighted by Crippen LogP contribution is -2.49. The lowest BCUT2D eigenvalue weighted by molar-refractivity contribution is 0.383. The first-order valence-electron chi connectivity index (χ1n) is 11.6. The molecule has 0 radical (unpaired) electrons. The van der Waals surface area contributed by atoms with Crippen LogP contribution in [0.1, 0.15) is 5.82 Å². The highest BCUT2D eigenvalue weighted by atomic mass is 32.2. The van der Waals surface area contributed by atoms with Crippen LogP contribution in [-0.2, 0) is 10.0 Å². The summed E-state index contributed by atoms with van der Waals surface area (Å²) in [6.07, 6.45) is 1.71. The molecule has 0 spiro atoms. The number of aromatic nitrogens is 3. The van der Waals surface area contributed by atoms with Crippen molar-refractivity contribution in [1.29, 1.82) is 0 Å². The topological polar surface area (TPSA) is 101 Å². The second-order valence-electron chi connectivity index (χ2n) is 8.28. The van der Waals surface area contributed by atoms with Crippen molar-refractivity contribution in [1.82, 2.24) is 19.3 Å². The molecular formula is C26H26N6O3S. The largest absolute Gasteiger partial charge is 0.457 e.